The number of nitrogens with zero attached hydrogens (tertiary/aromatic N) is 4. The van der Waals surface area contributed by atoms with Crippen LogP contribution in [-0.4, -0.2) is 49.0 Å². The maximum Gasteiger partial charge on any atom is 0.225 e. The minimum absolute atomic E-state index is 0.0349. The topological polar surface area (TPSA) is 79.6 Å². The first-order valence-corrected chi connectivity index (χ1v) is 9.24. The third-order valence-electron chi connectivity index (χ3n) is 4.08. The Hall–Kier alpha value is -2.45. The number of rotatable bonds is 3. The number of fused-ring (bicyclic) bond motifs is 1. The predicted molar refractivity (Wildman–Crippen MR) is 90.0 cm³/mol. The van der Waals surface area contributed by atoms with Gasteiger partial charge in [-0.05, 0) is 12.1 Å². The average Bonchev–Trinajstić information content (AvgIpc) is 3.11. The molecule has 0 aliphatic carbocycles. The fourth-order valence-electron chi connectivity index (χ4n) is 2.83. The highest BCUT2D eigenvalue weighted by Gasteiger charge is 2.24. The molecule has 4 rings (SSSR count). The van der Waals surface area contributed by atoms with Crippen molar-refractivity contribution in [2.75, 3.05) is 31.1 Å². The van der Waals surface area contributed by atoms with E-state index in [2.05, 4.69) is 20.2 Å². The maximum atomic E-state index is 12.9. The van der Waals surface area contributed by atoms with Gasteiger partial charge in [-0.25, -0.2) is 18.4 Å². The molecule has 0 spiro atoms. The second kappa shape index (κ2) is 5.88. The van der Waals surface area contributed by atoms with Gasteiger partial charge in [-0.2, -0.15) is 0 Å². The number of sulfone groups is 1. The number of hydrogen-bond donors (Lipinski definition) is 1. The first-order valence-electron chi connectivity index (χ1n) is 7.76. The molecule has 3 heterocycles. The van der Waals surface area contributed by atoms with Gasteiger partial charge in [-0.15, -0.1) is 0 Å². The molecule has 1 aliphatic heterocycles. The molecular weight excluding hydrogens is 326 g/mol. The smallest absolute Gasteiger partial charge is 0.225 e. The number of anilines is 1. The summed E-state index contributed by atoms with van der Waals surface area (Å²) in [5.74, 6) is 0.610. The van der Waals surface area contributed by atoms with E-state index >= 15 is 0 Å². The van der Waals surface area contributed by atoms with Gasteiger partial charge in [0.05, 0.1) is 4.90 Å². The predicted octanol–water partition coefficient (Wildman–Crippen LogP) is 0.972. The molecule has 0 radical (unpaired) electrons. The van der Waals surface area contributed by atoms with E-state index in [0.29, 0.717) is 11.5 Å². The summed E-state index contributed by atoms with van der Waals surface area (Å²) in [5.41, 5.74) is 0.670. The van der Waals surface area contributed by atoms with Gasteiger partial charge in [0.1, 0.15) is 0 Å². The SMILES string of the molecule is O=S(=O)(c1ccccc1)c1cn2ccnc2c(N2CCNCC2)n1. The van der Waals surface area contributed by atoms with Crippen LogP contribution in [0.1, 0.15) is 0 Å². The van der Waals surface area contributed by atoms with Crippen LogP contribution in [0.5, 0.6) is 0 Å². The van der Waals surface area contributed by atoms with Gasteiger partial charge in [0, 0.05) is 44.8 Å². The highest BCUT2D eigenvalue weighted by molar-refractivity contribution is 7.91. The van der Waals surface area contributed by atoms with E-state index in [0.717, 1.165) is 26.2 Å². The highest BCUT2D eigenvalue weighted by Crippen LogP contribution is 2.24. The molecular formula is C16H17N5O2S. The third kappa shape index (κ3) is 2.53. The van der Waals surface area contributed by atoms with Gasteiger partial charge in [0.2, 0.25) is 9.84 Å². The highest BCUT2D eigenvalue weighted by atomic mass is 32.2. The van der Waals surface area contributed by atoms with Crippen LogP contribution >= 0.6 is 0 Å². The molecule has 124 valence electrons. The molecule has 1 saturated heterocycles. The largest absolute Gasteiger partial charge is 0.351 e. The Bertz CT molecular complexity index is 963. The van der Waals surface area contributed by atoms with Crippen LogP contribution in [0.4, 0.5) is 5.82 Å². The fraction of sp³-hybridized carbons (Fsp3) is 0.250. The third-order valence-corrected chi connectivity index (χ3v) is 5.72. The van der Waals surface area contributed by atoms with Gasteiger partial charge in [0.15, 0.2) is 16.5 Å². The zero-order valence-corrected chi connectivity index (χ0v) is 13.8. The summed E-state index contributed by atoms with van der Waals surface area (Å²) in [7, 11) is -3.67. The average molecular weight is 343 g/mol. The van der Waals surface area contributed by atoms with E-state index in [9.17, 15) is 8.42 Å². The molecule has 0 atom stereocenters. The standard InChI is InChI=1S/C16H17N5O2S/c22-24(23,13-4-2-1-3-5-13)14-12-21-11-8-18-15(21)16(19-14)20-9-6-17-7-10-20/h1-5,8,11-12,17H,6-7,9-10H2. The molecule has 1 aliphatic rings. The van der Waals surface area contributed by atoms with Gasteiger partial charge in [-0.1, -0.05) is 18.2 Å². The summed E-state index contributed by atoms with van der Waals surface area (Å²) in [6, 6.07) is 8.37. The zero-order valence-electron chi connectivity index (χ0n) is 13.0. The maximum absolute atomic E-state index is 12.9. The molecule has 0 bridgehead atoms. The Morgan fingerprint density at radius 2 is 1.83 bits per heavy atom. The van der Waals surface area contributed by atoms with Gasteiger partial charge < -0.3 is 14.6 Å². The summed E-state index contributed by atoms with van der Waals surface area (Å²) in [6.07, 6.45) is 4.92. The lowest BCUT2D eigenvalue weighted by Gasteiger charge is -2.28. The molecule has 24 heavy (non-hydrogen) atoms. The fourth-order valence-corrected chi connectivity index (χ4v) is 4.05. The van der Waals surface area contributed by atoms with E-state index in [-0.39, 0.29) is 9.92 Å². The van der Waals surface area contributed by atoms with Crippen LogP contribution in [-0.2, 0) is 9.84 Å². The number of aromatic nitrogens is 3. The van der Waals surface area contributed by atoms with Crippen molar-refractivity contribution in [3.8, 4) is 0 Å². The van der Waals surface area contributed by atoms with Crippen molar-refractivity contribution in [1.29, 1.82) is 0 Å². The van der Waals surface area contributed by atoms with Crippen LogP contribution in [0, 0.1) is 0 Å². The lowest BCUT2D eigenvalue weighted by molar-refractivity contribution is 0.578. The molecule has 7 nitrogen and oxygen atoms in total. The number of nitrogens with one attached hydrogen (secondary N) is 1. The zero-order chi connectivity index (χ0) is 16.6. The van der Waals surface area contributed by atoms with Gasteiger partial charge in [-0.3, -0.25) is 0 Å². The van der Waals surface area contributed by atoms with Crippen molar-refractivity contribution in [2.45, 2.75) is 9.92 Å². The van der Waals surface area contributed by atoms with Crippen LogP contribution < -0.4 is 10.2 Å². The number of hydrogen-bond acceptors (Lipinski definition) is 6. The summed E-state index contributed by atoms with van der Waals surface area (Å²) in [4.78, 5) is 11.1. The summed E-state index contributed by atoms with van der Waals surface area (Å²) in [6.45, 7) is 3.21. The first kappa shape index (κ1) is 15.1. The van der Waals surface area contributed by atoms with E-state index < -0.39 is 9.84 Å². The van der Waals surface area contributed by atoms with Crippen molar-refractivity contribution in [3.63, 3.8) is 0 Å². The van der Waals surface area contributed by atoms with E-state index in [1.54, 1.807) is 47.1 Å². The summed E-state index contributed by atoms with van der Waals surface area (Å²) in [5, 5.41) is 3.32. The number of benzene rings is 1. The monoisotopic (exact) mass is 343 g/mol. The lowest BCUT2D eigenvalue weighted by atomic mass is 10.3. The Balaban J connectivity index is 1.88. The Morgan fingerprint density at radius 3 is 2.58 bits per heavy atom. The quantitative estimate of drug-likeness (QED) is 0.763. The molecule has 1 fully saturated rings. The molecule has 1 aromatic carbocycles. The molecule has 0 amide bonds. The van der Waals surface area contributed by atoms with E-state index in [1.807, 2.05) is 0 Å². The van der Waals surface area contributed by atoms with Crippen LogP contribution in [0.2, 0.25) is 0 Å². The van der Waals surface area contributed by atoms with Gasteiger partial charge >= 0.3 is 0 Å². The van der Waals surface area contributed by atoms with Crippen molar-refractivity contribution < 1.29 is 8.42 Å². The van der Waals surface area contributed by atoms with Crippen LogP contribution in [0.25, 0.3) is 5.65 Å². The molecule has 3 aromatic rings. The molecule has 8 heteroatoms. The van der Waals surface area contributed by atoms with Crippen LogP contribution in [0.3, 0.4) is 0 Å². The summed E-state index contributed by atoms with van der Waals surface area (Å²) >= 11 is 0. The number of piperazine rings is 1. The van der Waals surface area contributed by atoms with E-state index in [4.69, 9.17) is 0 Å². The second-order valence-corrected chi connectivity index (χ2v) is 7.51. The van der Waals surface area contributed by atoms with Crippen molar-refractivity contribution in [1.82, 2.24) is 19.7 Å². The normalized spacial score (nSPS) is 15.8. The Labute approximate surface area is 139 Å². The van der Waals surface area contributed by atoms with E-state index in [1.165, 1.54) is 6.20 Å². The molecule has 0 unspecified atom stereocenters. The lowest BCUT2D eigenvalue weighted by Crippen LogP contribution is -2.44. The summed E-state index contributed by atoms with van der Waals surface area (Å²) < 4.78 is 27.5. The van der Waals surface area contributed by atoms with Crippen LogP contribution in [0.15, 0.2) is 58.8 Å². The second-order valence-electron chi connectivity index (χ2n) is 5.61. The Morgan fingerprint density at radius 1 is 1.08 bits per heavy atom. The minimum atomic E-state index is -3.67. The first-order chi connectivity index (χ1) is 11.7. The Kier molecular flexibility index (Phi) is 3.70. The molecule has 1 N–H and O–H groups in total. The van der Waals surface area contributed by atoms with Crippen molar-refractivity contribution >= 4 is 21.3 Å². The molecule has 0 saturated carbocycles. The molecule has 2 aromatic heterocycles. The van der Waals surface area contributed by atoms with Crippen molar-refractivity contribution in [2.24, 2.45) is 0 Å². The van der Waals surface area contributed by atoms with Gasteiger partial charge in [0.25, 0.3) is 0 Å². The minimum Gasteiger partial charge on any atom is -0.351 e. The number of imidazole rings is 1. The van der Waals surface area contributed by atoms with Crippen molar-refractivity contribution in [3.05, 3.63) is 48.9 Å².